The van der Waals surface area contributed by atoms with Crippen LogP contribution in [-0.2, 0) is 13.2 Å². The fourth-order valence-corrected chi connectivity index (χ4v) is 2.93. The highest BCUT2D eigenvalue weighted by Crippen LogP contribution is 2.31. The van der Waals surface area contributed by atoms with Crippen LogP contribution in [0.15, 0.2) is 60.8 Å². The first-order valence-electron chi connectivity index (χ1n) is 8.05. The lowest BCUT2D eigenvalue weighted by molar-refractivity contribution is 0.284. The Bertz CT molecular complexity index is 853. The monoisotopic (exact) mass is 388 g/mol. The van der Waals surface area contributed by atoms with E-state index >= 15 is 0 Å². The molecule has 0 amide bonds. The van der Waals surface area contributed by atoms with Gasteiger partial charge in [0.2, 0.25) is 0 Å². The quantitative estimate of drug-likeness (QED) is 0.572. The molecule has 0 unspecified atom stereocenters. The molecule has 0 aliphatic rings. The van der Waals surface area contributed by atoms with Crippen molar-refractivity contribution in [2.24, 2.45) is 0 Å². The van der Waals surface area contributed by atoms with Crippen LogP contribution in [0.5, 0.6) is 11.5 Å². The second-order valence-electron chi connectivity index (χ2n) is 5.54. The Labute approximate surface area is 162 Å². The summed E-state index contributed by atoms with van der Waals surface area (Å²) < 4.78 is 11.3. The molecule has 0 aliphatic carbocycles. The zero-order valence-corrected chi connectivity index (χ0v) is 15.7. The topological polar surface area (TPSA) is 43.4 Å². The largest absolute Gasteiger partial charge is 0.493 e. The van der Waals surface area contributed by atoms with Gasteiger partial charge in [-0.3, -0.25) is 0 Å². The highest BCUT2D eigenvalue weighted by atomic mass is 35.5. The van der Waals surface area contributed by atoms with Crippen LogP contribution >= 0.6 is 23.2 Å². The standard InChI is InChI=1S/C20H18Cl2N2O2/c1-25-19-11-14(12-24-20-7-2-3-10-23-20)8-9-18(19)26-13-15-16(21)5-4-6-17(15)22/h2-11H,12-13H2,1H3,(H,23,24). The van der Waals surface area contributed by atoms with E-state index in [-0.39, 0.29) is 6.61 Å². The molecule has 0 atom stereocenters. The van der Waals surface area contributed by atoms with Gasteiger partial charge in [0.25, 0.3) is 0 Å². The number of hydrogen-bond acceptors (Lipinski definition) is 4. The fraction of sp³-hybridized carbons (Fsp3) is 0.150. The second-order valence-corrected chi connectivity index (χ2v) is 6.36. The maximum absolute atomic E-state index is 6.18. The smallest absolute Gasteiger partial charge is 0.161 e. The van der Waals surface area contributed by atoms with Crippen molar-refractivity contribution in [2.75, 3.05) is 12.4 Å². The van der Waals surface area contributed by atoms with E-state index in [1.54, 1.807) is 31.5 Å². The van der Waals surface area contributed by atoms with Crippen molar-refractivity contribution in [1.29, 1.82) is 0 Å². The molecule has 0 bridgehead atoms. The number of nitrogens with zero attached hydrogens (tertiary/aromatic N) is 1. The van der Waals surface area contributed by atoms with Gasteiger partial charge < -0.3 is 14.8 Å². The van der Waals surface area contributed by atoms with E-state index in [0.717, 1.165) is 16.9 Å². The Hall–Kier alpha value is -2.43. The van der Waals surface area contributed by atoms with Crippen LogP contribution in [0, 0.1) is 0 Å². The Morgan fingerprint density at radius 3 is 2.46 bits per heavy atom. The summed E-state index contributed by atoms with van der Waals surface area (Å²) in [5.74, 6) is 2.10. The van der Waals surface area contributed by atoms with E-state index in [9.17, 15) is 0 Å². The average molecular weight is 389 g/mol. The van der Waals surface area contributed by atoms with Gasteiger partial charge in [-0.05, 0) is 42.0 Å². The zero-order chi connectivity index (χ0) is 18.4. The number of ether oxygens (including phenoxy) is 2. The first kappa shape index (κ1) is 18.4. The predicted molar refractivity (Wildman–Crippen MR) is 105 cm³/mol. The first-order chi connectivity index (χ1) is 12.7. The van der Waals surface area contributed by atoms with E-state index < -0.39 is 0 Å². The summed E-state index contributed by atoms with van der Waals surface area (Å²) in [5.41, 5.74) is 1.80. The van der Waals surface area contributed by atoms with Gasteiger partial charge in [0, 0.05) is 28.4 Å². The van der Waals surface area contributed by atoms with Gasteiger partial charge in [0.15, 0.2) is 11.5 Å². The summed E-state index contributed by atoms with van der Waals surface area (Å²) in [6.07, 6.45) is 1.75. The van der Waals surface area contributed by atoms with Crippen LogP contribution in [0.2, 0.25) is 10.0 Å². The third-order valence-corrected chi connectivity index (χ3v) is 4.51. The van der Waals surface area contributed by atoms with E-state index in [1.165, 1.54) is 0 Å². The number of methoxy groups -OCH3 is 1. The molecule has 26 heavy (non-hydrogen) atoms. The Morgan fingerprint density at radius 1 is 0.962 bits per heavy atom. The maximum Gasteiger partial charge on any atom is 0.161 e. The molecule has 134 valence electrons. The van der Waals surface area contributed by atoms with Crippen molar-refractivity contribution >= 4 is 29.0 Å². The SMILES string of the molecule is COc1cc(CNc2ccccn2)ccc1OCc1c(Cl)cccc1Cl. The van der Waals surface area contributed by atoms with Gasteiger partial charge in [-0.25, -0.2) is 4.98 Å². The predicted octanol–water partition coefficient (Wildman–Crippen LogP) is 5.59. The van der Waals surface area contributed by atoms with Gasteiger partial charge in [-0.2, -0.15) is 0 Å². The van der Waals surface area contributed by atoms with Crippen LogP contribution < -0.4 is 14.8 Å². The van der Waals surface area contributed by atoms with Crippen LogP contribution in [0.4, 0.5) is 5.82 Å². The van der Waals surface area contributed by atoms with Crippen molar-refractivity contribution in [2.45, 2.75) is 13.2 Å². The van der Waals surface area contributed by atoms with Crippen LogP contribution in [0.3, 0.4) is 0 Å². The van der Waals surface area contributed by atoms with Gasteiger partial charge in [-0.1, -0.05) is 41.4 Å². The molecule has 0 radical (unpaired) electrons. The molecular formula is C20H18Cl2N2O2. The Balaban J connectivity index is 1.68. The highest BCUT2D eigenvalue weighted by molar-refractivity contribution is 6.35. The summed E-state index contributed by atoms with van der Waals surface area (Å²) in [7, 11) is 1.61. The number of hydrogen-bond donors (Lipinski definition) is 1. The van der Waals surface area contributed by atoms with Crippen LogP contribution in [0.25, 0.3) is 0 Å². The number of anilines is 1. The molecule has 0 saturated heterocycles. The van der Waals surface area contributed by atoms with Crippen molar-refractivity contribution in [1.82, 2.24) is 4.98 Å². The van der Waals surface area contributed by atoms with Gasteiger partial charge in [0.05, 0.1) is 7.11 Å². The summed E-state index contributed by atoms with van der Waals surface area (Å²) >= 11 is 12.4. The third-order valence-electron chi connectivity index (χ3n) is 3.80. The zero-order valence-electron chi connectivity index (χ0n) is 14.2. The summed E-state index contributed by atoms with van der Waals surface area (Å²) in [6.45, 7) is 0.893. The van der Waals surface area contributed by atoms with Crippen molar-refractivity contribution in [3.63, 3.8) is 0 Å². The second kappa shape index (κ2) is 8.79. The molecule has 6 heteroatoms. The third kappa shape index (κ3) is 4.59. The Morgan fingerprint density at radius 2 is 1.77 bits per heavy atom. The maximum atomic E-state index is 6.18. The average Bonchev–Trinajstić information content (AvgIpc) is 2.67. The molecule has 1 heterocycles. The lowest BCUT2D eigenvalue weighted by Gasteiger charge is -2.14. The van der Waals surface area contributed by atoms with E-state index in [4.69, 9.17) is 32.7 Å². The lowest BCUT2D eigenvalue weighted by Crippen LogP contribution is -2.03. The van der Waals surface area contributed by atoms with E-state index in [0.29, 0.717) is 28.1 Å². The van der Waals surface area contributed by atoms with Gasteiger partial charge >= 0.3 is 0 Å². The minimum absolute atomic E-state index is 0.264. The minimum Gasteiger partial charge on any atom is -0.493 e. The number of aromatic nitrogens is 1. The van der Waals surface area contributed by atoms with Crippen molar-refractivity contribution in [3.05, 3.63) is 82.0 Å². The molecule has 0 spiro atoms. The summed E-state index contributed by atoms with van der Waals surface area (Å²) in [5, 5.41) is 4.42. The molecule has 1 aromatic heterocycles. The normalized spacial score (nSPS) is 10.4. The number of nitrogens with one attached hydrogen (secondary N) is 1. The van der Waals surface area contributed by atoms with Crippen LogP contribution in [0.1, 0.15) is 11.1 Å². The molecular weight excluding hydrogens is 371 g/mol. The van der Waals surface area contributed by atoms with Gasteiger partial charge in [0.1, 0.15) is 12.4 Å². The van der Waals surface area contributed by atoms with Crippen molar-refractivity contribution < 1.29 is 9.47 Å². The Kier molecular flexibility index (Phi) is 6.21. The molecule has 1 N–H and O–H groups in total. The molecule has 4 nitrogen and oxygen atoms in total. The van der Waals surface area contributed by atoms with Gasteiger partial charge in [-0.15, -0.1) is 0 Å². The number of rotatable bonds is 7. The molecule has 0 saturated carbocycles. The molecule has 0 aliphatic heterocycles. The highest BCUT2D eigenvalue weighted by Gasteiger charge is 2.10. The van der Waals surface area contributed by atoms with Crippen LogP contribution in [-0.4, -0.2) is 12.1 Å². The number of pyridine rings is 1. The lowest BCUT2D eigenvalue weighted by atomic mass is 10.2. The number of benzene rings is 2. The van der Waals surface area contributed by atoms with E-state index in [2.05, 4.69) is 10.3 Å². The molecule has 0 fully saturated rings. The minimum atomic E-state index is 0.264. The molecule has 2 aromatic carbocycles. The summed E-state index contributed by atoms with van der Waals surface area (Å²) in [6, 6.07) is 16.9. The fourth-order valence-electron chi connectivity index (χ4n) is 2.42. The van der Waals surface area contributed by atoms with Crippen molar-refractivity contribution in [3.8, 4) is 11.5 Å². The first-order valence-corrected chi connectivity index (χ1v) is 8.80. The van der Waals surface area contributed by atoms with E-state index in [1.807, 2.05) is 36.4 Å². The molecule has 3 rings (SSSR count). The number of halogens is 2. The summed E-state index contributed by atoms with van der Waals surface area (Å²) in [4.78, 5) is 4.24. The molecule has 3 aromatic rings.